The SMILES string of the molecule is C/C(=C\c1ccccc1)c1cccc(C2CCCCC2)c1. The molecule has 0 N–H and O–H groups in total. The second kappa shape index (κ2) is 6.76. The van der Waals surface area contributed by atoms with Crippen LogP contribution in [0.5, 0.6) is 0 Å². The Kier molecular flexibility index (Phi) is 4.55. The quantitative estimate of drug-likeness (QED) is 0.577. The third-order valence-corrected chi connectivity index (χ3v) is 4.60. The molecule has 1 fully saturated rings. The standard InChI is InChI=1S/C21H24/c1-17(15-18-9-4-2-5-10-18)20-13-8-14-21(16-20)19-11-6-3-7-12-19/h2,4-5,8-10,13-16,19H,3,6-7,11-12H2,1H3/b17-15+. The van der Waals surface area contributed by atoms with Crippen molar-refractivity contribution in [3.05, 3.63) is 71.3 Å². The summed E-state index contributed by atoms with van der Waals surface area (Å²) in [4.78, 5) is 0. The molecule has 0 atom stereocenters. The number of allylic oxidation sites excluding steroid dienone is 1. The van der Waals surface area contributed by atoms with Gasteiger partial charge in [-0.05, 0) is 47.9 Å². The van der Waals surface area contributed by atoms with Crippen molar-refractivity contribution in [2.75, 3.05) is 0 Å². The Morgan fingerprint density at radius 1 is 0.905 bits per heavy atom. The first kappa shape index (κ1) is 14.1. The van der Waals surface area contributed by atoms with Crippen LogP contribution in [0.25, 0.3) is 11.6 Å². The van der Waals surface area contributed by atoms with Crippen LogP contribution in [0.1, 0.15) is 61.6 Å². The first-order valence-corrected chi connectivity index (χ1v) is 8.16. The van der Waals surface area contributed by atoms with Gasteiger partial charge in [-0.25, -0.2) is 0 Å². The number of hydrogen-bond donors (Lipinski definition) is 0. The minimum absolute atomic E-state index is 0.781. The fourth-order valence-corrected chi connectivity index (χ4v) is 3.36. The third-order valence-electron chi connectivity index (χ3n) is 4.60. The molecule has 0 radical (unpaired) electrons. The van der Waals surface area contributed by atoms with Crippen molar-refractivity contribution in [2.24, 2.45) is 0 Å². The summed E-state index contributed by atoms with van der Waals surface area (Å²) in [7, 11) is 0. The monoisotopic (exact) mass is 276 g/mol. The van der Waals surface area contributed by atoms with Crippen LogP contribution in [0.3, 0.4) is 0 Å². The molecule has 3 rings (SSSR count). The maximum absolute atomic E-state index is 2.41. The van der Waals surface area contributed by atoms with Crippen LogP contribution in [0.15, 0.2) is 54.6 Å². The lowest BCUT2D eigenvalue weighted by molar-refractivity contribution is 0.443. The van der Waals surface area contributed by atoms with Gasteiger partial charge in [-0.15, -0.1) is 0 Å². The Hall–Kier alpha value is -1.82. The van der Waals surface area contributed by atoms with Crippen molar-refractivity contribution in [3.63, 3.8) is 0 Å². The third kappa shape index (κ3) is 3.64. The molecule has 1 aliphatic carbocycles. The maximum Gasteiger partial charge on any atom is -0.0162 e. The van der Waals surface area contributed by atoms with E-state index in [2.05, 4.69) is 67.6 Å². The zero-order valence-electron chi connectivity index (χ0n) is 12.9. The highest BCUT2D eigenvalue weighted by Crippen LogP contribution is 2.33. The van der Waals surface area contributed by atoms with Gasteiger partial charge >= 0.3 is 0 Å². The summed E-state index contributed by atoms with van der Waals surface area (Å²) in [6, 6.07) is 19.8. The lowest BCUT2D eigenvalue weighted by Crippen LogP contribution is -2.04. The van der Waals surface area contributed by atoms with Gasteiger partial charge in [0, 0.05) is 0 Å². The Labute approximate surface area is 128 Å². The lowest BCUT2D eigenvalue weighted by atomic mass is 9.83. The Balaban J connectivity index is 1.83. The molecule has 0 heteroatoms. The van der Waals surface area contributed by atoms with Crippen LogP contribution in [0.2, 0.25) is 0 Å². The summed E-state index contributed by atoms with van der Waals surface area (Å²) < 4.78 is 0. The average Bonchev–Trinajstić information content (AvgIpc) is 2.57. The van der Waals surface area contributed by atoms with Gasteiger partial charge in [-0.3, -0.25) is 0 Å². The predicted molar refractivity (Wildman–Crippen MR) is 92.3 cm³/mol. The first-order chi connectivity index (χ1) is 10.3. The zero-order chi connectivity index (χ0) is 14.5. The molecule has 0 aromatic heterocycles. The number of benzene rings is 2. The van der Waals surface area contributed by atoms with Gasteiger partial charge in [-0.1, -0.05) is 79.9 Å². The maximum atomic E-state index is 2.41. The lowest BCUT2D eigenvalue weighted by Gasteiger charge is -2.22. The van der Waals surface area contributed by atoms with Crippen molar-refractivity contribution in [1.82, 2.24) is 0 Å². The summed E-state index contributed by atoms with van der Waals surface area (Å²) in [5.74, 6) is 0.781. The molecule has 1 saturated carbocycles. The number of hydrogen-bond acceptors (Lipinski definition) is 0. The molecule has 0 saturated heterocycles. The van der Waals surface area contributed by atoms with E-state index in [0.717, 1.165) is 5.92 Å². The van der Waals surface area contributed by atoms with Gasteiger partial charge in [0.1, 0.15) is 0 Å². The zero-order valence-corrected chi connectivity index (χ0v) is 12.9. The van der Waals surface area contributed by atoms with Crippen molar-refractivity contribution >= 4 is 11.6 Å². The van der Waals surface area contributed by atoms with E-state index in [1.165, 1.54) is 54.4 Å². The van der Waals surface area contributed by atoms with Crippen LogP contribution >= 0.6 is 0 Å². The molecule has 108 valence electrons. The second-order valence-electron chi connectivity index (χ2n) is 6.20. The molecule has 0 heterocycles. The smallest absolute Gasteiger partial charge is 0.0162 e. The van der Waals surface area contributed by atoms with E-state index < -0.39 is 0 Å². The van der Waals surface area contributed by atoms with E-state index in [9.17, 15) is 0 Å². The summed E-state index contributed by atoms with van der Waals surface area (Å²) in [5, 5.41) is 0. The molecule has 2 aromatic rings. The van der Waals surface area contributed by atoms with Gasteiger partial charge < -0.3 is 0 Å². The minimum atomic E-state index is 0.781. The summed E-state index contributed by atoms with van der Waals surface area (Å²) in [6.07, 6.45) is 9.22. The highest BCUT2D eigenvalue weighted by molar-refractivity contribution is 5.80. The summed E-state index contributed by atoms with van der Waals surface area (Å²) in [6.45, 7) is 2.22. The van der Waals surface area contributed by atoms with Crippen molar-refractivity contribution in [2.45, 2.75) is 44.9 Å². The summed E-state index contributed by atoms with van der Waals surface area (Å²) in [5.41, 5.74) is 5.52. The van der Waals surface area contributed by atoms with Crippen LogP contribution in [-0.2, 0) is 0 Å². The molecule has 0 spiro atoms. The van der Waals surface area contributed by atoms with Gasteiger partial charge in [0.2, 0.25) is 0 Å². The van der Waals surface area contributed by atoms with Crippen LogP contribution in [-0.4, -0.2) is 0 Å². The minimum Gasteiger partial charge on any atom is -0.0622 e. The highest BCUT2D eigenvalue weighted by atomic mass is 14.2. The first-order valence-electron chi connectivity index (χ1n) is 8.16. The van der Waals surface area contributed by atoms with Crippen LogP contribution in [0.4, 0.5) is 0 Å². The van der Waals surface area contributed by atoms with E-state index in [4.69, 9.17) is 0 Å². The van der Waals surface area contributed by atoms with Crippen molar-refractivity contribution in [3.8, 4) is 0 Å². The molecule has 0 amide bonds. The predicted octanol–water partition coefficient (Wildman–Crippen LogP) is 6.29. The molecule has 0 unspecified atom stereocenters. The van der Waals surface area contributed by atoms with E-state index in [0.29, 0.717) is 0 Å². The van der Waals surface area contributed by atoms with Gasteiger partial charge in [-0.2, -0.15) is 0 Å². The van der Waals surface area contributed by atoms with E-state index in [1.807, 2.05) is 0 Å². The van der Waals surface area contributed by atoms with Gasteiger partial charge in [0.05, 0.1) is 0 Å². The van der Waals surface area contributed by atoms with E-state index in [-0.39, 0.29) is 0 Å². The largest absolute Gasteiger partial charge is 0.0622 e. The van der Waals surface area contributed by atoms with Crippen LogP contribution < -0.4 is 0 Å². The topological polar surface area (TPSA) is 0 Å². The Bertz CT molecular complexity index is 601. The molecular weight excluding hydrogens is 252 g/mol. The molecular formula is C21H24. The number of rotatable bonds is 3. The molecule has 21 heavy (non-hydrogen) atoms. The van der Waals surface area contributed by atoms with Gasteiger partial charge in [0.25, 0.3) is 0 Å². The molecule has 0 bridgehead atoms. The molecule has 1 aliphatic rings. The molecule has 0 nitrogen and oxygen atoms in total. The average molecular weight is 276 g/mol. The highest BCUT2D eigenvalue weighted by Gasteiger charge is 2.15. The Morgan fingerprint density at radius 3 is 2.43 bits per heavy atom. The van der Waals surface area contributed by atoms with E-state index >= 15 is 0 Å². The normalized spacial score (nSPS) is 16.9. The van der Waals surface area contributed by atoms with Gasteiger partial charge in [0.15, 0.2) is 0 Å². The summed E-state index contributed by atoms with van der Waals surface area (Å²) >= 11 is 0. The fraction of sp³-hybridized carbons (Fsp3) is 0.333. The van der Waals surface area contributed by atoms with Crippen LogP contribution in [0, 0.1) is 0 Å². The second-order valence-corrected chi connectivity index (χ2v) is 6.20. The molecule has 0 aliphatic heterocycles. The van der Waals surface area contributed by atoms with Crippen molar-refractivity contribution < 1.29 is 0 Å². The van der Waals surface area contributed by atoms with E-state index in [1.54, 1.807) is 0 Å². The van der Waals surface area contributed by atoms with Crippen molar-refractivity contribution in [1.29, 1.82) is 0 Å². The Morgan fingerprint density at radius 2 is 1.67 bits per heavy atom. The molecule has 2 aromatic carbocycles. The fourth-order valence-electron chi connectivity index (χ4n) is 3.36.